The SMILES string of the molecule is CC(O)CC(C)(C)CNC(=O)NC1CC2CC1C1CCCC21. The van der Waals surface area contributed by atoms with Crippen molar-refractivity contribution in [3.63, 3.8) is 0 Å². The van der Waals surface area contributed by atoms with Crippen LogP contribution in [-0.2, 0) is 0 Å². The van der Waals surface area contributed by atoms with E-state index >= 15 is 0 Å². The van der Waals surface area contributed by atoms with Crippen molar-refractivity contribution in [3.05, 3.63) is 0 Å². The molecule has 126 valence electrons. The lowest BCUT2D eigenvalue weighted by Crippen LogP contribution is -2.48. The van der Waals surface area contributed by atoms with Gasteiger partial charge in [-0.25, -0.2) is 4.79 Å². The smallest absolute Gasteiger partial charge is 0.315 e. The maximum absolute atomic E-state index is 12.2. The van der Waals surface area contributed by atoms with Crippen LogP contribution in [-0.4, -0.2) is 29.8 Å². The second-order valence-corrected chi connectivity index (χ2v) is 8.80. The van der Waals surface area contributed by atoms with Crippen molar-refractivity contribution < 1.29 is 9.90 Å². The van der Waals surface area contributed by atoms with Gasteiger partial charge in [0.1, 0.15) is 0 Å². The average molecular weight is 308 g/mol. The maximum atomic E-state index is 12.2. The molecule has 6 unspecified atom stereocenters. The second-order valence-electron chi connectivity index (χ2n) is 8.80. The summed E-state index contributed by atoms with van der Waals surface area (Å²) in [4.78, 5) is 12.2. The molecule has 0 aromatic rings. The fourth-order valence-electron chi connectivity index (χ4n) is 5.64. The van der Waals surface area contributed by atoms with Crippen molar-refractivity contribution in [1.29, 1.82) is 0 Å². The van der Waals surface area contributed by atoms with Crippen molar-refractivity contribution in [2.75, 3.05) is 6.54 Å². The molecule has 3 saturated carbocycles. The third-order valence-electron chi connectivity index (χ3n) is 6.32. The Kier molecular flexibility index (Phi) is 4.41. The Labute approximate surface area is 134 Å². The highest BCUT2D eigenvalue weighted by Gasteiger charge is 2.54. The summed E-state index contributed by atoms with van der Waals surface area (Å²) < 4.78 is 0. The van der Waals surface area contributed by atoms with E-state index in [0.29, 0.717) is 19.0 Å². The van der Waals surface area contributed by atoms with Gasteiger partial charge in [-0.3, -0.25) is 0 Å². The number of hydrogen-bond acceptors (Lipinski definition) is 2. The lowest BCUT2D eigenvalue weighted by Gasteiger charge is -2.32. The number of nitrogens with one attached hydrogen (secondary N) is 2. The van der Waals surface area contributed by atoms with Crippen LogP contribution in [0.4, 0.5) is 4.79 Å². The maximum Gasteiger partial charge on any atom is 0.315 e. The molecular formula is C18H32N2O2. The minimum Gasteiger partial charge on any atom is -0.393 e. The molecule has 2 amide bonds. The van der Waals surface area contributed by atoms with Crippen molar-refractivity contribution in [2.45, 2.75) is 71.4 Å². The minimum atomic E-state index is -0.329. The van der Waals surface area contributed by atoms with Crippen molar-refractivity contribution in [3.8, 4) is 0 Å². The van der Waals surface area contributed by atoms with Gasteiger partial charge in [0.2, 0.25) is 0 Å². The number of carbonyl (C=O) groups excluding carboxylic acids is 1. The molecule has 4 nitrogen and oxygen atoms in total. The summed E-state index contributed by atoms with van der Waals surface area (Å²) in [5.41, 5.74) is -0.0727. The van der Waals surface area contributed by atoms with E-state index in [4.69, 9.17) is 0 Å². The molecule has 0 radical (unpaired) electrons. The summed E-state index contributed by atoms with van der Waals surface area (Å²) in [6.45, 7) is 6.58. The molecule has 0 aromatic carbocycles. The number of aliphatic hydroxyl groups is 1. The first-order valence-electron chi connectivity index (χ1n) is 9.08. The highest BCUT2D eigenvalue weighted by molar-refractivity contribution is 5.74. The molecule has 3 aliphatic rings. The molecule has 3 fully saturated rings. The van der Waals surface area contributed by atoms with Crippen LogP contribution in [0, 0.1) is 29.1 Å². The van der Waals surface area contributed by atoms with Gasteiger partial charge in [0.05, 0.1) is 6.10 Å². The third-order valence-corrected chi connectivity index (χ3v) is 6.32. The molecule has 2 bridgehead atoms. The van der Waals surface area contributed by atoms with Crippen molar-refractivity contribution in [2.24, 2.45) is 29.1 Å². The summed E-state index contributed by atoms with van der Waals surface area (Å²) in [7, 11) is 0. The van der Waals surface area contributed by atoms with E-state index in [0.717, 1.165) is 23.7 Å². The molecule has 6 atom stereocenters. The molecule has 3 aliphatic carbocycles. The summed E-state index contributed by atoms with van der Waals surface area (Å²) in [6.07, 6.45) is 7.11. The summed E-state index contributed by atoms with van der Waals surface area (Å²) in [5.74, 6) is 3.45. The van der Waals surface area contributed by atoms with Crippen LogP contribution in [0.5, 0.6) is 0 Å². The first-order chi connectivity index (χ1) is 10.4. The molecule has 4 heteroatoms. The minimum absolute atomic E-state index is 0.0224. The first-order valence-corrected chi connectivity index (χ1v) is 9.08. The molecular weight excluding hydrogens is 276 g/mol. The van der Waals surface area contributed by atoms with Gasteiger partial charge in [0.25, 0.3) is 0 Å². The fraction of sp³-hybridized carbons (Fsp3) is 0.944. The van der Waals surface area contributed by atoms with E-state index in [1.54, 1.807) is 6.92 Å². The van der Waals surface area contributed by atoms with Gasteiger partial charge >= 0.3 is 6.03 Å². The predicted molar refractivity (Wildman–Crippen MR) is 87.4 cm³/mol. The first kappa shape index (κ1) is 16.1. The van der Waals surface area contributed by atoms with E-state index in [1.807, 2.05) is 0 Å². The number of carbonyl (C=O) groups is 1. The molecule has 0 heterocycles. The number of urea groups is 1. The van der Waals surface area contributed by atoms with E-state index in [2.05, 4.69) is 24.5 Å². The Bertz CT molecular complexity index is 421. The lowest BCUT2D eigenvalue weighted by molar-refractivity contribution is 0.128. The van der Waals surface area contributed by atoms with Gasteiger partial charge in [0.15, 0.2) is 0 Å². The van der Waals surface area contributed by atoms with Crippen LogP contribution in [0.15, 0.2) is 0 Å². The Hall–Kier alpha value is -0.770. The number of hydrogen-bond donors (Lipinski definition) is 3. The fourth-order valence-corrected chi connectivity index (χ4v) is 5.64. The molecule has 0 saturated heterocycles. The third kappa shape index (κ3) is 3.27. The van der Waals surface area contributed by atoms with Gasteiger partial charge in [0, 0.05) is 12.6 Å². The van der Waals surface area contributed by atoms with Crippen LogP contribution >= 0.6 is 0 Å². The van der Waals surface area contributed by atoms with E-state index in [9.17, 15) is 9.90 Å². The van der Waals surface area contributed by atoms with Gasteiger partial charge in [-0.1, -0.05) is 20.3 Å². The Morgan fingerprint density at radius 3 is 2.68 bits per heavy atom. The Balaban J connectivity index is 1.45. The highest BCUT2D eigenvalue weighted by Crippen LogP contribution is 2.58. The van der Waals surface area contributed by atoms with Crippen LogP contribution in [0.25, 0.3) is 0 Å². The number of fused-ring (bicyclic) bond motifs is 5. The molecule has 0 aromatic heterocycles. The second kappa shape index (κ2) is 6.03. The Morgan fingerprint density at radius 2 is 1.95 bits per heavy atom. The van der Waals surface area contributed by atoms with Gasteiger partial charge in [-0.2, -0.15) is 0 Å². The molecule has 3 N–H and O–H groups in total. The number of aliphatic hydroxyl groups excluding tert-OH is 1. The average Bonchev–Trinajstić information content (AvgIpc) is 3.06. The molecule has 3 rings (SSSR count). The largest absolute Gasteiger partial charge is 0.393 e. The highest BCUT2D eigenvalue weighted by atomic mass is 16.3. The van der Waals surface area contributed by atoms with Crippen molar-refractivity contribution >= 4 is 6.03 Å². The summed E-state index contributed by atoms with van der Waals surface area (Å²) in [6, 6.07) is 0.370. The Morgan fingerprint density at radius 1 is 1.23 bits per heavy atom. The van der Waals surface area contributed by atoms with Crippen LogP contribution < -0.4 is 10.6 Å². The van der Waals surface area contributed by atoms with Gasteiger partial charge in [-0.15, -0.1) is 0 Å². The standard InChI is InChI=1S/C18H32N2O2/c1-11(21)9-18(2,3)10-19-17(22)20-16-8-12-7-15(16)14-6-4-5-13(12)14/h11-16,21H,4-10H2,1-3H3,(H2,19,20,22). The van der Waals surface area contributed by atoms with Crippen LogP contribution in [0.2, 0.25) is 0 Å². The quantitative estimate of drug-likeness (QED) is 0.731. The summed E-state index contributed by atoms with van der Waals surface area (Å²) >= 11 is 0. The normalized spacial score (nSPS) is 37.9. The molecule has 0 aliphatic heterocycles. The van der Waals surface area contributed by atoms with Gasteiger partial charge in [-0.05, 0) is 68.1 Å². The van der Waals surface area contributed by atoms with E-state index in [1.165, 1.54) is 32.1 Å². The van der Waals surface area contributed by atoms with Crippen LogP contribution in [0.1, 0.15) is 59.3 Å². The van der Waals surface area contributed by atoms with E-state index < -0.39 is 0 Å². The molecule has 0 spiro atoms. The number of amides is 2. The predicted octanol–water partition coefficient (Wildman–Crippen LogP) is 2.91. The van der Waals surface area contributed by atoms with E-state index in [-0.39, 0.29) is 17.6 Å². The van der Waals surface area contributed by atoms with Crippen molar-refractivity contribution in [1.82, 2.24) is 10.6 Å². The zero-order valence-corrected chi connectivity index (χ0v) is 14.3. The van der Waals surface area contributed by atoms with Gasteiger partial charge < -0.3 is 15.7 Å². The topological polar surface area (TPSA) is 61.4 Å². The van der Waals surface area contributed by atoms with Crippen LogP contribution in [0.3, 0.4) is 0 Å². The summed E-state index contributed by atoms with van der Waals surface area (Å²) in [5, 5.41) is 15.8. The number of rotatable bonds is 5. The molecule has 22 heavy (non-hydrogen) atoms. The zero-order chi connectivity index (χ0) is 15.9. The lowest BCUT2D eigenvalue weighted by atomic mass is 9.79. The monoisotopic (exact) mass is 308 g/mol. The zero-order valence-electron chi connectivity index (χ0n) is 14.3.